The number of benzene rings is 2. The van der Waals surface area contributed by atoms with Crippen LogP contribution in [0.1, 0.15) is 11.6 Å². The summed E-state index contributed by atoms with van der Waals surface area (Å²) in [7, 11) is 0. The molecule has 23 heavy (non-hydrogen) atoms. The van der Waals surface area contributed by atoms with Gasteiger partial charge in [-0.2, -0.15) is 0 Å². The molecule has 1 fully saturated rings. The zero-order chi connectivity index (χ0) is 16.0. The van der Waals surface area contributed by atoms with E-state index in [0.717, 1.165) is 28.6 Å². The first-order valence-corrected chi connectivity index (χ1v) is 7.23. The third-order valence-corrected chi connectivity index (χ3v) is 4.11. The van der Waals surface area contributed by atoms with Crippen molar-refractivity contribution in [3.63, 3.8) is 0 Å². The van der Waals surface area contributed by atoms with E-state index in [1.54, 1.807) is 12.4 Å². The molecule has 0 spiro atoms. The summed E-state index contributed by atoms with van der Waals surface area (Å²) in [5, 5.41) is 3.18. The molecule has 1 aliphatic rings. The Morgan fingerprint density at radius 1 is 1.13 bits per heavy atom. The number of halogens is 2. The van der Waals surface area contributed by atoms with E-state index < -0.39 is 11.6 Å². The van der Waals surface area contributed by atoms with Gasteiger partial charge in [-0.3, -0.25) is 0 Å². The summed E-state index contributed by atoms with van der Waals surface area (Å²) in [6.07, 6.45) is 1.64. The third kappa shape index (κ3) is 2.23. The molecular weight excluding hydrogens is 298 g/mol. The number of imidazole rings is 1. The van der Waals surface area contributed by atoms with Crippen LogP contribution < -0.4 is 10.2 Å². The standard InChI is InChI=1S/C17H14F2N4/c1-10-20-8-17(11-2-4-13(18)14(19)6-11)23(10)12-3-5-15-16(7-12)22-9-21-15/h2-7,9,17,20H,1,8H2,(H,21,22). The minimum Gasteiger partial charge on any atom is -0.369 e. The number of fused-ring (bicyclic) bond motifs is 1. The molecule has 2 heterocycles. The summed E-state index contributed by atoms with van der Waals surface area (Å²) in [5.41, 5.74) is 3.37. The van der Waals surface area contributed by atoms with Gasteiger partial charge in [-0.05, 0) is 35.9 Å². The Morgan fingerprint density at radius 2 is 2.00 bits per heavy atom. The maximum atomic E-state index is 13.6. The molecule has 2 aromatic carbocycles. The molecule has 6 heteroatoms. The summed E-state index contributed by atoms with van der Waals surface area (Å²) >= 11 is 0. The van der Waals surface area contributed by atoms with E-state index in [1.807, 2.05) is 23.1 Å². The second kappa shape index (κ2) is 5.08. The van der Waals surface area contributed by atoms with Crippen molar-refractivity contribution in [2.24, 2.45) is 0 Å². The minimum absolute atomic E-state index is 0.158. The van der Waals surface area contributed by atoms with E-state index in [1.165, 1.54) is 6.07 Å². The monoisotopic (exact) mass is 312 g/mol. The fraction of sp³-hybridized carbons (Fsp3) is 0.118. The van der Waals surface area contributed by atoms with Gasteiger partial charge in [0.2, 0.25) is 0 Å². The second-order valence-electron chi connectivity index (χ2n) is 5.49. The van der Waals surface area contributed by atoms with Crippen molar-refractivity contribution < 1.29 is 8.78 Å². The molecular formula is C17H14F2N4. The third-order valence-electron chi connectivity index (χ3n) is 4.11. The first-order chi connectivity index (χ1) is 11.1. The van der Waals surface area contributed by atoms with E-state index >= 15 is 0 Å². The predicted octanol–water partition coefficient (Wildman–Crippen LogP) is 3.46. The molecule has 2 N–H and O–H groups in total. The average Bonchev–Trinajstić information content (AvgIpc) is 3.15. The normalized spacial score (nSPS) is 17.7. The molecule has 0 saturated carbocycles. The van der Waals surface area contributed by atoms with Gasteiger partial charge in [0.25, 0.3) is 0 Å². The van der Waals surface area contributed by atoms with Gasteiger partial charge in [-0.1, -0.05) is 12.6 Å². The maximum Gasteiger partial charge on any atom is 0.159 e. The smallest absolute Gasteiger partial charge is 0.159 e. The second-order valence-corrected chi connectivity index (χ2v) is 5.49. The quantitative estimate of drug-likeness (QED) is 0.761. The van der Waals surface area contributed by atoms with Gasteiger partial charge >= 0.3 is 0 Å². The minimum atomic E-state index is -0.845. The Hall–Kier alpha value is -2.89. The Morgan fingerprint density at radius 3 is 2.83 bits per heavy atom. The highest BCUT2D eigenvalue weighted by Gasteiger charge is 2.30. The van der Waals surface area contributed by atoms with Gasteiger partial charge in [0.1, 0.15) is 0 Å². The summed E-state index contributed by atoms with van der Waals surface area (Å²) in [4.78, 5) is 9.28. The Labute approximate surface area is 131 Å². The molecule has 1 saturated heterocycles. The van der Waals surface area contributed by atoms with Crippen LogP contribution in [0.5, 0.6) is 0 Å². The van der Waals surface area contributed by atoms with Crippen LogP contribution in [0.15, 0.2) is 55.1 Å². The lowest BCUT2D eigenvalue weighted by atomic mass is 10.1. The molecule has 1 aliphatic heterocycles. The van der Waals surface area contributed by atoms with E-state index in [2.05, 4.69) is 21.9 Å². The number of hydrogen-bond donors (Lipinski definition) is 2. The van der Waals surface area contributed by atoms with Gasteiger partial charge in [0, 0.05) is 12.2 Å². The van der Waals surface area contributed by atoms with Crippen LogP contribution in [0.3, 0.4) is 0 Å². The lowest BCUT2D eigenvalue weighted by molar-refractivity contribution is 0.505. The summed E-state index contributed by atoms with van der Waals surface area (Å²) in [6, 6.07) is 9.66. The molecule has 0 bridgehead atoms. The van der Waals surface area contributed by atoms with Gasteiger partial charge in [0.15, 0.2) is 11.6 Å². The fourth-order valence-corrected chi connectivity index (χ4v) is 2.97. The van der Waals surface area contributed by atoms with Crippen LogP contribution in [0.4, 0.5) is 14.5 Å². The number of aromatic nitrogens is 2. The number of nitrogens with one attached hydrogen (secondary N) is 2. The van der Waals surface area contributed by atoms with Crippen molar-refractivity contribution in [2.75, 3.05) is 11.4 Å². The van der Waals surface area contributed by atoms with E-state index in [4.69, 9.17) is 0 Å². The summed E-state index contributed by atoms with van der Waals surface area (Å²) in [5.74, 6) is -0.972. The molecule has 0 amide bonds. The topological polar surface area (TPSA) is 44.0 Å². The molecule has 3 aromatic rings. The van der Waals surface area contributed by atoms with Crippen LogP contribution in [-0.2, 0) is 0 Å². The number of H-pyrrole nitrogens is 1. The average molecular weight is 312 g/mol. The number of rotatable bonds is 2. The molecule has 1 aromatic heterocycles. The van der Waals surface area contributed by atoms with Crippen LogP contribution in [0.25, 0.3) is 11.0 Å². The highest BCUT2D eigenvalue weighted by molar-refractivity contribution is 5.80. The number of aromatic amines is 1. The molecule has 0 aliphatic carbocycles. The molecule has 4 rings (SSSR count). The van der Waals surface area contributed by atoms with Crippen LogP contribution in [0.2, 0.25) is 0 Å². The van der Waals surface area contributed by atoms with E-state index in [9.17, 15) is 8.78 Å². The van der Waals surface area contributed by atoms with Gasteiger partial charge in [-0.25, -0.2) is 13.8 Å². The van der Waals surface area contributed by atoms with Crippen LogP contribution >= 0.6 is 0 Å². The van der Waals surface area contributed by atoms with Crippen LogP contribution in [0, 0.1) is 11.6 Å². The molecule has 1 unspecified atom stereocenters. The number of anilines is 1. The molecule has 116 valence electrons. The van der Waals surface area contributed by atoms with Gasteiger partial charge in [0.05, 0.1) is 29.2 Å². The predicted molar refractivity (Wildman–Crippen MR) is 84.8 cm³/mol. The van der Waals surface area contributed by atoms with E-state index in [0.29, 0.717) is 12.1 Å². The van der Waals surface area contributed by atoms with Gasteiger partial charge < -0.3 is 15.2 Å². The lowest BCUT2D eigenvalue weighted by Crippen LogP contribution is -2.22. The van der Waals surface area contributed by atoms with Crippen molar-refractivity contribution in [3.8, 4) is 0 Å². The maximum absolute atomic E-state index is 13.6. The molecule has 4 nitrogen and oxygen atoms in total. The van der Waals surface area contributed by atoms with Crippen molar-refractivity contribution >= 4 is 16.7 Å². The number of hydrogen-bond acceptors (Lipinski definition) is 3. The van der Waals surface area contributed by atoms with Gasteiger partial charge in [-0.15, -0.1) is 0 Å². The lowest BCUT2D eigenvalue weighted by Gasteiger charge is -2.26. The van der Waals surface area contributed by atoms with E-state index in [-0.39, 0.29) is 6.04 Å². The molecule has 1 atom stereocenters. The summed E-state index contributed by atoms with van der Waals surface area (Å²) in [6.45, 7) is 4.59. The zero-order valence-electron chi connectivity index (χ0n) is 12.2. The van der Waals surface area contributed by atoms with Crippen molar-refractivity contribution in [1.82, 2.24) is 15.3 Å². The highest BCUT2D eigenvalue weighted by atomic mass is 19.2. The Bertz CT molecular complexity index is 902. The Balaban J connectivity index is 1.77. The number of nitrogens with zero attached hydrogens (tertiary/aromatic N) is 2. The van der Waals surface area contributed by atoms with Crippen molar-refractivity contribution in [3.05, 3.63) is 72.3 Å². The van der Waals surface area contributed by atoms with Crippen molar-refractivity contribution in [1.29, 1.82) is 0 Å². The zero-order valence-corrected chi connectivity index (χ0v) is 12.2. The Kier molecular flexibility index (Phi) is 3.04. The fourth-order valence-electron chi connectivity index (χ4n) is 2.97. The largest absolute Gasteiger partial charge is 0.369 e. The SMILES string of the molecule is C=C1NCC(c2ccc(F)c(F)c2)N1c1ccc2[nH]cnc2c1. The van der Waals surface area contributed by atoms with Crippen molar-refractivity contribution in [2.45, 2.75) is 6.04 Å². The molecule has 0 radical (unpaired) electrons. The first-order valence-electron chi connectivity index (χ1n) is 7.23. The van der Waals surface area contributed by atoms with Crippen LogP contribution in [-0.4, -0.2) is 16.5 Å². The highest BCUT2D eigenvalue weighted by Crippen LogP contribution is 2.35. The summed E-state index contributed by atoms with van der Waals surface area (Å²) < 4.78 is 26.8. The first kappa shape index (κ1) is 13.8.